The zero-order valence-electron chi connectivity index (χ0n) is 14.1. The predicted molar refractivity (Wildman–Crippen MR) is 103 cm³/mol. The van der Waals surface area contributed by atoms with E-state index < -0.39 is 0 Å². The molecule has 1 N–H and O–H groups in total. The Kier molecular flexibility index (Phi) is 5.16. The second kappa shape index (κ2) is 7.53. The van der Waals surface area contributed by atoms with Crippen LogP contribution in [0.4, 0.5) is 5.13 Å². The third kappa shape index (κ3) is 3.64. The molecule has 1 atom stereocenters. The van der Waals surface area contributed by atoms with Gasteiger partial charge in [0.15, 0.2) is 4.34 Å². The van der Waals surface area contributed by atoms with Gasteiger partial charge < -0.3 is 10.1 Å². The monoisotopic (exact) mass is 393 g/mol. The molecule has 9 heteroatoms. The van der Waals surface area contributed by atoms with E-state index in [1.807, 2.05) is 11.3 Å². The van der Waals surface area contributed by atoms with Gasteiger partial charge in [0.1, 0.15) is 16.2 Å². The smallest absolute Gasteiger partial charge is 0.206 e. The van der Waals surface area contributed by atoms with Gasteiger partial charge in [0, 0.05) is 23.9 Å². The molecule has 0 saturated heterocycles. The number of rotatable bonds is 6. The molecule has 0 aliphatic heterocycles. The van der Waals surface area contributed by atoms with E-state index in [1.165, 1.54) is 22.2 Å². The maximum Gasteiger partial charge on any atom is 0.206 e. The number of anilines is 1. The van der Waals surface area contributed by atoms with E-state index in [1.54, 1.807) is 36.5 Å². The summed E-state index contributed by atoms with van der Waals surface area (Å²) >= 11 is 4.95. The number of nitrogens with one attached hydrogen (secondary N) is 1. The zero-order valence-corrected chi connectivity index (χ0v) is 16.6. The van der Waals surface area contributed by atoms with Crippen LogP contribution in [-0.2, 0) is 17.6 Å². The summed E-state index contributed by atoms with van der Waals surface area (Å²) in [5.41, 5.74) is 1.45. The highest BCUT2D eigenvalue weighted by molar-refractivity contribution is 8.01. The van der Waals surface area contributed by atoms with Crippen molar-refractivity contribution >= 4 is 49.8 Å². The van der Waals surface area contributed by atoms with E-state index in [2.05, 4.69) is 32.4 Å². The van der Waals surface area contributed by atoms with E-state index in [0.29, 0.717) is 6.61 Å². The molecule has 0 saturated carbocycles. The second-order valence-corrected chi connectivity index (χ2v) is 9.40. The quantitative estimate of drug-likeness (QED) is 0.503. The lowest BCUT2D eigenvalue weighted by atomic mass is 9.89. The number of hydrogen-bond donors (Lipinski definition) is 1. The standard InChI is InChI=1S/C16H19N5OS3/c1-9-3-4-10-11(7-9)23-13-12(10)14(19-8-18-13)24-16-21-20-15(25-16)17-5-6-22-2/h8-9H,3-7H2,1-2H3,(H,17,20)/t9-/m1/s1. The van der Waals surface area contributed by atoms with Crippen molar-refractivity contribution in [2.75, 3.05) is 25.6 Å². The van der Waals surface area contributed by atoms with Crippen LogP contribution in [0.15, 0.2) is 15.7 Å². The summed E-state index contributed by atoms with van der Waals surface area (Å²) in [4.78, 5) is 11.6. The SMILES string of the molecule is COCCNc1nnc(Sc2ncnc3sc4c(c23)CC[C@@H](C)C4)s1. The Morgan fingerprint density at radius 3 is 3.12 bits per heavy atom. The fourth-order valence-corrected chi connectivity index (χ4v) is 6.22. The van der Waals surface area contributed by atoms with Gasteiger partial charge in [-0.15, -0.1) is 21.5 Å². The molecule has 3 aromatic rings. The van der Waals surface area contributed by atoms with Crippen molar-refractivity contribution in [1.29, 1.82) is 0 Å². The van der Waals surface area contributed by atoms with Crippen molar-refractivity contribution in [2.45, 2.75) is 35.6 Å². The van der Waals surface area contributed by atoms with Gasteiger partial charge in [-0.25, -0.2) is 9.97 Å². The van der Waals surface area contributed by atoms with E-state index in [9.17, 15) is 0 Å². The van der Waals surface area contributed by atoms with Gasteiger partial charge in [-0.2, -0.15) is 0 Å². The number of methoxy groups -OCH3 is 1. The molecule has 3 heterocycles. The average Bonchev–Trinajstić information content (AvgIpc) is 3.19. The summed E-state index contributed by atoms with van der Waals surface area (Å²) in [7, 11) is 1.69. The van der Waals surface area contributed by atoms with E-state index in [4.69, 9.17) is 4.74 Å². The summed E-state index contributed by atoms with van der Waals surface area (Å²) in [6.07, 6.45) is 5.18. The third-order valence-corrected chi connectivity index (χ3v) is 7.33. The van der Waals surface area contributed by atoms with Crippen LogP contribution in [0, 0.1) is 5.92 Å². The van der Waals surface area contributed by atoms with Crippen molar-refractivity contribution in [2.24, 2.45) is 5.92 Å². The van der Waals surface area contributed by atoms with Crippen molar-refractivity contribution in [1.82, 2.24) is 20.2 Å². The largest absolute Gasteiger partial charge is 0.383 e. The molecule has 0 fully saturated rings. The fraction of sp³-hybridized carbons (Fsp3) is 0.500. The lowest BCUT2D eigenvalue weighted by Crippen LogP contribution is -2.08. The first-order chi connectivity index (χ1) is 12.2. The summed E-state index contributed by atoms with van der Waals surface area (Å²) in [6, 6.07) is 0. The number of aromatic nitrogens is 4. The molecule has 0 radical (unpaired) electrons. The van der Waals surface area contributed by atoms with Crippen LogP contribution in [0.3, 0.4) is 0 Å². The van der Waals surface area contributed by atoms with Crippen LogP contribution in [0.25, 0.3) is 10.2 Å². The highest BCUT2D eigenvalue weighted by Gasteiger charge is 2.23. The number of aryl methyl sites for hydroxylation is 1. The number of ether oxygens (including phenoxy) is 1. The minimum absolute atomic E-state index is 0.647. The van der Waals surface area contributed by atoms with Crippen molar-refractivity contribution < 1.29 is 4.74 Å². The Bertz CT molecular complexity index is 878. The van der Waals surface area contributed by atoms with Crippen molar-refractivity contribution in [3.05, 3.63) is 16.8 Å². The Morgan fingerprint density at radius 1 is 1.32 bits per heavy atom. The molecule has 0 amide bonds. The first-order valence-corrected chi connectivity index (χ1v) is 10.7. The van der Waals surface area contributed by atoms with Gasteiger partial charge >= 0.3 is 0 Å². The highest BCUT2D eigenvalue weighted by atomic mass is 32.2. The van der Waals surface area contributed by atoms with Gasteiger partial charge in [-0.05, 0) is 42.5 Å². The third-order valence-electron chi connectivity index (χ3n) is 4.23. The maximum absolute atomic E-state index is 5.04. The minimum Gasteiger partial charge on any atom is -0.383 e. The van der Waals surface area contributed by atoms with Crippen LogP contribution in [0.2, 0.25) is 0 Å². The highest BCUT2D eigenvalue weighted by Crippen LogP contribution is 2.42. The Hall–Kier alpha value is -1.29. The number of thiophene rings is 1. The molecule has 0 spiro atoms. The molecular formula is C16H19N5OS3. The predicted octanol–water partition coefficient (Wildman–Crippen LogP) is 3.88. The first-order valence-electron chi connectivity index (χ1n) is 8.24. The molecule has 3 aromatic heterocycles. The lowest BCUT2D eigenvalue weighted by Gasteiger charge is -2.17. The van der Waals surface area contributed by atoms with Gasteiger partial charge in [0.05, 0.1) is 6.61 Å². The van der Waals surface area contributed by atoms with Gasteiger partial charge in [-0.1, -0.05) is 18.3 Å². The van der Waals surface area contributed by atoms with Gasteiger partial charge in [0.2, 0.25) is 5.13 Å². The molecular weight excluding hydrogens is 374 g/mol. The molecule has 0 unspecified atom stereocenters. The number of nitrogens with zero attached hydrogens (tertiary/aromatic N) is 4. The summed E-state index contributed by atoms with van der Waals surface area (Å²) in [6.45, 7) is 3.70. The maximum atomic E-state index is 5.04. The number of fused-ring (bicyclic) bond motifs is 3. The summed E-state index contributed by atoms with van der Waals surface area (Å²) in [5.74, 6) is 0.758. The van der Waals surface area contributed by atoms with Gasteiger partial charge in [-0.3, -0.25) is 0 Å². The first kappa shape index (κ1) is 17.1. The van der Waals surface area contributed by atoms with Crippen LogP contribution in [0.1, 0.15) is 23.8 Å². The van der Waals surface area contributed by atoms with E-state index in [0.717, 1.165) is 44.6 Å². The molecule has 0 bridgehead atoms. The lowest BCUT2D eigenvalue weighted by molar-refractivity contribution is 0.211. The second-order valence-electron chi connectivity index (χ2n) is 6.11. The molecule has 1 aliphatic rings. The Labute approximate surface area is 158 Å². The Balaban J connectivity index is 1.59. The molecule has 6 nitrogen and oxygen atoms in total. The normalized spacial score (nSPS) is 17.0. The van der Waals surface area contributed by atoms with Crippen molar-refractivity contribution in [3.8, 4) is 0 Å². The van der Waals surface area contributed by atoms with E-state index >= 15 is 0 Å². The topological polar surface area (TPSA) is 72.8 Å². The summed E-state index contributed by atoms with van der Waals surface area (Å²) in [5, 5.41) is 14.7. The van der Waals surface area contributed by atoms with Crippen LogP contribution >= 0.6 is 34.4 Å². The molecule has 25 heavy (non-hydrogen) atoms. The van der Waals surface area contributed by atoms with E-state index in [-0.39, 0.29) is 0 Å². The van der Waals surface area contributed by atoms with Crippen LogP contribution in [0.5, 0.6) is 0 Å². The number of hydrogen-bond acceptors (Lipinski definition) is 9. The molecule has 0 aromatic carbocycles. The zero-order chi connectivity index (χ0) is 17.2. The molecule has 4 rings (SSSR count). The summed E-state index contributed by atoms with van der Waals surface area (Å²) < 4.78 is 5.93. The Morgan fingerprint density at radius 2 is 2.24 bits per heavy atom. The molecule has 1 aliphatic carbocycles. The minimum atomic E-state index is 0.647. The fourth-order valence-electron chi connectivity index (χ4n) is 2.99. The average molecular weight is 394 g/mol. The molecule has 132 valence electrons. The van der Waals surface area contributed by atoms with Gasteiger partial charge in [0.25, 0.3) is 0 Å². The van der Waals surface area contributed by atoms with Crippen LogP contribution < -0.4 is 5.32 Å². The van der Waals surface area contributed by atoms with Crippen LogP contribution in [-0.4, -0.2) is 40.4 Å². The van der Waals surface area contributed by atoms with Crippen molar-refractivity contribution in [3.63, 3.8) is 0 Å².